The van der Waals surface area contributed by atoms with Crippen molar-refractivity contribution in [2.24, 2.45) is 0 Å². The van der Waals surface area contributed by atoms with Crippen LogP contribution >= 0.6 is 35.3 Å². The molecule has 2 rings (SSSR count). The number of hydrogen-bond acceptors (Lipinski definition) is 5. The summed E-state index contributed by atoms with van der Waals surface area (Å²) in [5.74, 6) is 7.21. The van der Waals surface area contributed by atoms with Gasteiger partial charge in [-0.3, -0.25) is 0 Å². The summed E-state index contributed by atoms with van der Waals surface area (Å²) in [5.41, 5.74) is 5.91. The smallest absolute Gasteiger partial charge is 0.0552 e. The molecule has 2 aromatic carbocycles. The number of hydrogen-bond donors (Lipinski definition) is 0. The highest BCUT2D eigenvalue weighted by Gasteiger charge is 2.00. The molecule has 0 spiro atoms. The molecule has 0 fully saturated rings. The van der Waals surface area contributed by atoms with Crippen LogP contribution in [-0.4, -0.2) is 62.0 Å². The topological polar surface area (TPSA) is 18.5 Å². The van der Waals surface area contributed by atoms with E-state index in [2.05, 4.69) is 60.3 Å². The minimum Gasteiger partial charge on any atom is -0.384 e. The van der Waals surface area contributed by atoms with Crippen molar-refractivity contribution in [1.82, 2.24) is 0 Å². The summed E-state index contributed by atoms with van der Waals surface area (Å²) in [7, 11) is 3.55. The fourth-order valence-electron chi connectivity index (χ4n) is 4.14. The number of rotatable bonds is 24. The van der Waals surface area contributed by atoms with Crippen LogP contribution in [0.4, 0.5) is 0 Å². The second-order valence-electron chi connectivity index (χ2n) is 9.58. The van der Waals surface area contributed by atoms with Crippen LogP contribution in [0.5, 0.6) is 0 Å². The van der Waals surface area contributed by atoms with Crippen molar-refractivity contribution in [2.75, 3.05) is 62.0 Å². The number of benzene rings is 2. The molecule has 0 saturated carbocycles. The average Bonchev–Trinajstić information content (AvgIpc) is 2.93. The third-order valence-electron chi connectivity index (χ3n) is 6.49. The van der Waals surface area contributed by atoms with Crippen LogP contribution in [0.3, 0.4) is 0 Å². The Balaban J connectivity index is 1.38. The maximum Gasteiger partial charge on any atom is 0.0552 e. The molecule has 0 amide bonds. The third kappa shape index (κ3) is 17.6. The van der Waals surface area contributed by atoms with Gasteiger partial charge in [-0.05, 0) is 96.6 Å². The van der Waals surface area contributed by atoms with E-state index in [1.807, 2.05) is 23.5 Å². The van der Waals surface area contributed by atoms with Gasteiger partial charge < -0.3 is 9.47 Å². The average molecular weight is 563 g/mol. The van der Waals surface area contributed by atoms with E-state index >= 15 is 0 Å². The molecule has 0 radical (unpaired) electrons. The first-order valence-electron chi connectivity index (χ1n) is 14.2. The number of thioether (sulfide) groups is 3. The van der Waals surface area contributed by atoms with E-state index in [1.165, 1.54) is 96.6 Å². The molecule has 0 aliphatic rings. The Morgan fingerprint density at radius 3 is 1.14 bits per heavy atom. The zero-order valence-electron chi connectivity index (χ0n) is 23.4. The van der Waals surface area contributed by atoms with Crippen LogP contribution < -0.4 is 0 Å². The monoisotopic (exact) mass is 562 g/mol. The first-order valence-corrected chi connectivity index (χ1v) is 17.6. The molecular weight excluding hydrogens is 513 g/mol. The van der Waals surface area contributed by atoms with Crippen LogP contribution in [-0.2, 0) is 35.2 Å². The molecule has 0 N–H and O–H groups in total. The Morgan fingerprint density at radius 2 is 0.757 bits per heavy atom. The fourth-order valence-corrected chi connectivity index (χ4v) is 6.89. The molecule has 37 heavy (non-hydrogen) atoms. The Morgan fingerprint density at radius 1 is 0.405 bits per heavy atom. The van der Waals surface area contributed by atoms with Gasteiger partial charge in [0.15, 0.2) is 0 Å². The summed E-state index contributed by atoms with van der Waals surface area (Å²) in [4.78, 5) is 0. The number of unbranched alkanes of at least 4 members (excludes halogenated alkanes) is 4. The zero-order chi connectivity index (χ0) is 26.2. The lowest BCUT2D eigenvalue weighted by molar-refractivity contribution is 0.218. The summed E-state index contributed by atoms with van der Waals surface area (Å²) < 4.78 is 10.2. The largest absolute Gasteiger partial charge is 0.384 e. The van der Waals surface area contributed by atoms with E-state index in [4.69, 9.17) is 9.47 Å². The van der Waals surface area contributed by atoms with Crippen molar-refractivity contribution in [2.45, 2.75) is 64.2 Å². The minimum absolute atomic E-state index is 0.855. The van der Waals surface area contributed by atoms with Crippen molar-refractivity contribution >= 4 is 35.3 Å². The molecular formula is C32H50O2S3. The van der Waals surface area contributed by atoms with Crippen LogP contribution in [0.25, 0.3) is 0 Å². The molecule has 0 saturated heterocycles. The Bertz CT molecular complexity index is 699. The van der Waals surface area contributed by atoms with Crippen molar-refractivity contribution < 1.29 is 9.47 Å². The highest BCUT2D eigenvalue weighted by Crippen LogP contribution is 2.15. The van der Waals surface area contributed by atoms with Gasteiger partial charge in [-0.2, -0.15) is 35.3 Å². The number of aryl methyl sites for hydroxylation is 4. The molecule has 208 valence electrons. The lowest BCUT2D eigenvalue weighted by Gasteiger charge is -2.06. The lowest BCUT2D eigenvalue weighted by atomic mass is 10.0. The van der Waals surface area contributed by atoms with Crippen LogP contribution in [0, 0.1) is 0 Å². The highest BCUT2D eigenvalue weighted by molar-refractivity contribution is 7.99. The van der Waals surface area contributed by atoms with Gasteiger partial charge in [-0.25, -0.2) is 0 Å². The summed E-state index contributed by atoms with van der Waals surface area (Å²) in [6.07, 6.45) is 12.8. The normalized spacial score (nSPS) is 11.3. The van der Waals surface area contributed by atoms with Crippen LogP contribution in [0.15, 0.2) is 48.5 Å². The van der Waals surface area contributed by atoms with E-state index in [1.54, 1.807) is 14.2 Å². The van der Waals surface area contributed by atoms with Gasteiger partial charge in [0.25, 0.3) is 0 Å². The molecule has 0 aliphatic carbocycles. The van der Waals surface area contributed by atoms with Crippen LogP contribution in [0.2, 0.25) is 0 Å². The minimum atomic E-state index is 0.855. The maximum absolute atomic E-state index is 5.10. The third-order valence-corrected chi connectivity index (χ3v) is 9.54. The summed E-state index contributed by atoms with van der Waals surface area (Å²) in [5, 5.41) is 0. The van der Waals surface area contributed by atoms with E-state index in [-0.39, 0.29) is 0 Å². The second-order valence-corrected chi connectivity index (χ2v) is 13.3. The predicted octanol–water partition coefficient (Wildman–Crippen LogP) is 8.39. The summed E-state index contributed by atoms with van der Waals surface area (Å²) in [6, 6.07) is 18.6. The van der Waals surface area contributed by atoms with Gasteiger partial charge in [-0.1, -0.05) is 61.4 Å². The highest BCUT2D eigenvalue weighted by atomic mass is 32.2. The molecule has 0 bridgehead atoms. The SMILES string of the molecule is COCCSCCc1ccc(CCCCCSCCCCCc2ccc(CCSCCOC)cc2)cc1. The Labute approximate surface area is 240 Å². The first kappa shape index (κ1) is 32.6. The molecule has 5 heteroatoms. The molecule has 0 aromatic heterocycles. The van der Waals surface area contributed by atoms with Crippen molar-refractivity contribution in [3.8, 4) is 0 Å². The molecule has 2 aromatic rings. The molecule has 0 heterocycles. The Hall–Kier alpha value is -0.590. The number of methoxy groups -OCH3 is 2. The maximum atomic E-state index is 5.10. The zero-order valence-corrected chi connectivity index (χ0v) is 25.8. The van der Waals surface area contributed by atoms with Crippen molar-refractivity contribution in [3.63, 3.8) is 0 Å². The summed E-state index contributed by atoms with van der Waals surface area (Å²) in [6.45, 7) is 1.71. The fraction of sp³-hybridized carbons (Fsp3) is 0.625. The van der Waals surface area contributed by atoms with Crippen molar-refractivity contribution in [1.29, 1.82) is 0 Å². The quantitative estimate of drug-likeness (QED) is 0.119. The molecule has 0 aliphatic heterocycles. The standard InChI is InChI=1S/C32H50O2S3/c1-33-21-27-36-25-19-31-15-11-29(12-16-31)9-5-3-7-23-35-24-8-4-6-10-30-13-17-32(18-14-30)20-26-37-28-22-34-2/h11-18H,3-10,19-28H2,1-2H3. The van der Waals surface area contributed by atoms with E-state index in [0.29, 0.717) is 0 Å². The van der Waals surface area contributed by atoms with Gasteiger partial charge in [0.2, 0.25) is 0 Å². The molecule has 2 nitrogen and oxygen atoms in total. The first-order chi connectivity index (χ1) is 18.3. The molecule has 0 unspecified atom stereocenters. The Kier molecular flexibility index (Phi) is 20.6. The summed E-state index contributed by atoms with van der Waals surface area (Å²) >= 11 is 6.11. The van der Waals surface area contributed by atoms with Gasteiger partial charge in [0, 0.05) is 25.7 Å². The van der Waals surface area contributed by atoms with E-state index in [9.17, 15) is 0 Å². The number of ether oxygens (including phenoxy) is 2. The van der Waals surface area contributed by atoms with Crippen LogP contribution in [0.1, 0.15) is 60.8 Å². The van der Waals surface area contributed by atoms with Crippen molar-refractivity contribution in [3.05, 3.63) is 70.8 Å². The van der Waals surface area contributed by atoms with Gasteiger partial charge in [-0.15, -0.1) is 0 Å². The van der Waals surface area contributed by atoms with Gasteiger partial charge >= 0.3 is 0 Å². The van der Waals surface area contributed by atoms with Gasteiger partial charge in [0.1, 0.15) is 0 Å². The van der Waals surface area contributed by atoms with E-state index < -0.39 is 0 Å². The predicted molar refractivity (Wildman–Crippen MR) is 171 cm³/mol. The van der Waals surface area contributed by atoms with E-state index in [0.717, 1.165) is 37.6 Å². The van der Waals surface area contributed by atoms with Gasteiger partial charge in [0.05, 0.1) is 13.2 Å². The molecule has 0 atom stereocenters. The second kappa shape index (κ2) is 23.3. The lowest BCUT2D eigenvalue weighted by Crippen LogP contribution is -1.95.